The number of nitriles is 3. The molecule has 0 aliphatic carbocycles. The second-order valence-electron chi connectivity index (χ2n) is 12.3. The van der Waals surface area contributed by atoms with Crippen LogP contribution in [0.25, 0.3) is 77.2 Å². The van der Waals surface area contributed by atoms with E-state index in [4.69, 9.17) is 0 Å². The number of benzene rings is 7. The third kappa shape index (κ3) is 4.31. The Hall–Kier alpha value is -7.39. The second kappa shape index (κ2) is 11.4. The quantitative estimate of drug-likeness (QED) is 0.193. The molecule has 9 aromatic rings. The summed E-state index contributed by atoms with van der Waals surface area (Å²) in [5.74, 6) is 0. The maximum atomic E-state index is 10.3. The van der Waals surface area contributed by atoms with E-state index in [9.17, 15) is 15.8 Å². The molecule has 0 saturated heterocycles. The van der Waals surface area contributed by atoms with Crippen molar-refractivity contribution in [3.05, 3.63) is 168 Å². The van der Waals surface area contributed by atoms with Crippen molar-refractivity contribution in [1.29, 1.82) is 15.8 Å². The second-order valence-corrected chi connectivity index (χ2v) is 12.3. The molecule has 0 atom stereocenters. The third-order valence-corrected chi connectivity index (χ3v) is 9.65. The smallest absolute Gasteiger partial charge is 0.101 e. The molecule has 0 aliphatic heterocycles. The molecule has 0 N–H and O–H groups in total. The minimum absolute atomic E-state index is 0.581. The fourth-order valence-corrected chi connectivity index (χ4v) is 7.41. The van der Waals surface area contributed by atoms with Gasteiger partial charge in [-0.3, -0.25) is 0 Å². The van der Waals surface area contributed by atoms with Crippen molar-refractivity contribution in [1.82, 2.24) is 9.13 Å². The van der Waals surface area contributed by atoms with E-state index in [1.54, 1.807) is 0 Å². The van der Waals surface area contributed by atoms with Crippen LogP contribution in [0.2, 0.25) is 0 Å². The molecule has 0 radical (unpaired) electrons. The summed E-state index contributed by atoms with van der Waals surface area (Å²) < 4.78 is 4.33. The summed E-state index contributed by atoms with van der Waals surface area (Å²) in [4.78, 5) is 0. The van der Waals surface area contributed by atoms with Crippen LogP contribution < -0.4 is 0 Å². The van der Waals surface area contributed by atoms with Crippen molar-refractivity contribution in [3.63, 3.8) is 0 Å². The average molecular weight is 636 g/mol. The number of nitrogens with zero attached hydrogens (tertiary/aromatic N) is 5. The Bertz CT molecular complexity index is 2890. The van der Waals surface area contributed by atoms with Gasteiger partial charge in [0, 0.05) is 32.8 Å². The molecule has 0 amide bonds. The first-order chi connectivity index (χ1) is 24.7. The lowest BCUT2D eigenvalue weighted by molar-refractivity contribution is 1.17. The maximum absolute atomic E-state index is 10.3. The van der Waals surface area contributed by atoms with Gasteiger partial charge in [0.25, 0.3) is 0 Å². The highest BCUT2D eigenvalue weighted by Gasteiger charge is 2.19. The van der Waals surface area contributed by atoms with E-state index in [1.807, 2.05) is 60.7 Å². The summed E-state index contributed by atoms with van der Waals surface area (Å²) in [6.45, 7) is 0. The molecule has 7 aromatic carbocycles. The van der Waals surface area contributed by atoms with Crippen LogP contribution in [0.15, 0.2) is 152 Å². The lowest BCUT2D eigenvalue weighted by atomic mass is 9.97. The zero-order chi connectivity index (χ0) is 33.8. The van der Waals surface area contributed by atoms with E-state index in [0.29, 0.717) is 16.7 Å². The van der Waals surface area contributed by atoms with Crippen LogP contribution in [-0.2, 0) is 0 Å². The molecule has 0 aliphatic rings. The number of hydrogen-bond acceptors (Lipinski definition) is 3. The molecule has 0 saturated carbocycles. The highest BCUT2D eigenvalue weighted by atomic mass is 15.0. The van der Waals surface area contributed by atoms with Crippen LogP contribution in [0.3, 0.4) is 0 Å². The summed E-state index contributed by atoms with van der Waals surface area (Å²) >= 11 is 0. The van der Waals surface area contributed by atoms with Gasteiger partial charge in [0.05, 0.1) is 50.5 Å². The van der Waals surface area contributed by atoms with Crippen LogP contribution in [0.5, 0.6) is 0 Å². The highest BCUT2D eigenvalue weighted by molar-refractivity contribution is 6.12. The number of aromatic nitrogens is 2. The van der Waals surface area contributed by atoms with E-state index in [2.05, 4.69) is 118 Å². The van der Waals surface area contributed by atoms with Gasteiger partial charge in [0.2, 0.25) is 0 Å². The minimum Gasteiger partial charge on any atom is -0.308 e. The molecule has 0 spiro atoms. The Kier molecular flexibility index (Phi) is 6.56. The normalized spacial score (nSPS) is 11.1. The van der Waals surface area contributed by atoms with Gasteiger partial charge in [-0.1, -0.05) is 97.1 Å². The van der Waals surface area contributed by atoms with Crippen molar-refractivity contribution in [3.8, 4) is 51.8 Å². The summed E-state index contributed by atoms with van der Waals surface area (Å²) in [5, 5.41) is 34.0. The van der Waals surface area contributed by atoms with E-state index in [-0.39, 0.29) is 0 Å². The lowest BCUT2D eigenvalue weighted by Gasteiger charge is -2.16. The number of para-hydroxylation sites is 4. The van der Waals surface area contributed by atoms with E-state index in [1.165, 1.54) is 0 Å². The van der Waals surface area contributed by atoms with Crippen molar-refractivity contribution in [2.45, 2.75) is 0 Å². The molecular weight excluding hydrogens is 611 g/mol. The first-order valence-corrected chi connectivity index (χ1v) is 16.3. The Morgan fingerprint density at radius 3 is 1.62 bits per heavy atom. The van der Waals surface area contributed by atoms with Crippen molar-refractivity contribution < 1.29 is 0 Å². The van der Waals surface area contributed by atoms with Gasteiger partial charge in [0.1, 0.15) is 12.1 Å². The Morgan fingerprint density at radius 2 is 0.960 bits per heavy atom. The fraction of sp³-hybridized carbons (Fsp3) is 0. The molecule has 0 bridgehead atoms. The molecule has 230 valence electrons. The number of fused-ring (bicyclic) bond motifs is 6. The molecule has 5 heteroatoms. The third-order valence-electron chi connectivity index (χ3n) is 9.65. The van der Waals surface area contributed by atoms with Gasteiger partial charge >= 0.3 is 0 Å². The topological polar surface area (TPSA) is 81.2 Å². The predicted octanol–water partition coefficient (Wildman–Crippen LogP) is 10.8. The molecule has 5 nitrogen and oxygen atoms in total. The van der Waals surface area contributed by atoms with E-state index in [0.717, 1.165) is 77.2 Å². The van der Waals surface area contributed by atoms with Gasteiger partial charge in [-0.05, 0) is 71.3 Å². The predicted molar refractivity (Wildman–Crippen MR) is 200 cm³/mol. The van der Waals surface area contributed by atoms with Gasteiger partial charge in [-0.15, -0.1) is 0 Å². The maximum Gasteiger partial charge on any atom is 0.101 e. The van der Waals surface area contributed by atoms with Gasteiger partial charge in [0.15, 0.2) is 0 Å². The molecule has 0 unspecified atom stereocenters. The number of hydrogen-bond donors (Lipinski definition) is 0. The van der Waals surface area contributed by atoms with E-state index >= 15 is 0 Å². The van der Waals surface area contributed by atoms with Crippen LogP contribution in [0, 0.1) is 34.0 Å². The molecule has 2 aromatic heterocycles. The summed E-state index contributed by atoms with van der Waals surface area (Å²) in [7, 11) is 0. The Labute approximate surface area is 287 Å². The molecule has 50 heavy (non-hydrogen) atoms. The van der Waals surface area contributed by atoms with Gasteiger partial charge < -0.3 is 9.13 Å². The van der Waals surface area contributed by atoms with Crippen LogP contribution >= 0.6 is 0 Å². The standard InChI is InChI=1S/C45H25N5/c46-26-29-15-24-43-40(25-29)39-12-6-8-34(28-48)45(39)49(43)35-22-20-31(21-23-35)30-16-18-32(19-17-30)36-11-5-7-33(27-47)44(36)50-41-13-3-1-9-37(41)38-10-2-4-14-42(38)50/h1-25H. The summed E-state index contributed by atoms with van der Waals surface area (Å²) in [5.41, 5.74) is 11.6. The summed E-state index contributed by atoms with van der Waals surface area (Å²) in [6, 6.07) is 57.9. The molecular formula is C45H25N5. The zero-order valence-electron chi connectivity index (χ0n) is 26.7. The summed E-state index contributed by atoms with van der Waals surface area (Å²) in [6.07, 6.45) is 0. The zero-order valence-corrected chi connectivity index (χ0v) is 26.7. The monoisotopic (exact) mass is 635 g/mol. The van der Waals surface area contributed by atoms with Crippen LogP contribution in [-0.4, -0.2) is 9.13 Å². The fourth-order valence-electron chi connectivity index (χ4n) is 7.41. The van der Waals surface area contributed by atoms with Crippen LogP contribution in [0.4, 0.5) is 0 Å². The van der Waals surface area contributed by atoms with Crippen molar-refractivity contribution >= 4 is 43.6 Å². The van der Waals surface area contributed by atoms with Gasteiger partial charge in [-0.2, -0.15) is 15.8 Å². The first-order valence-electron chi connectivity index (χ1n) is 16.3. The minimum atomic E-state index is 0.581. The van der Waals surface area contributed by atoms with Crippen LogP contribution in [0.1, 0.15) is 16.7 Å². The van der Waals surface area contributed by atoms with E-state index < -0.39 is 0 Å². The Morgan fingerprint density at radius 1 is 0.400 bits per heavy atom. The van der Waals surface area contributed by atoms with Crippen molar-refractivity contribution in [2.24, 2.45) is 0 Å². The highest BCUT2D eigenvalue weighted by Crippen LogP contribution is 2.39. The molecule has 2 heterocycles. The number of rotatable bonds is 4. The first kappa shape index (κ1) is 28.8. The Balaban J connectivity index is 1.13. The largest absolute Gasteiger partial charge is 0.308 e. The average Bonchev–Trinajstić information content (AvgIpc) is 3.70. The van der Waals surface area contributed by atoms with Gasteiger partial charge in [-0.25, -0.2) is 0 Å². The SMILES string of the molecule is N#Cc1ccc2c(c1)c1cccc(C#N)c1n2-c1ccc(-c2ccc(-c3cccc(C#N)c3-n3c4ccccc4c4ccccc43)cc2)cc1. The van der Waals surface area contributed by atoms with Crippen molar-refractivity contribution in [2.75, 3.05) is 0 Å². The lowest BCUT2D eigenvalue weighted by Crippen LogP contribution is -2.00. The molecule has 0 fully saturated rings. The molecule has 9 rings (SSSR count).